The molecule has 0 bridgehead atoms. The number of fused-ring (bicyclic) bond motifs is 1. The third-order valence-electron chi connectivity index (χ3n) is 6.08. The van der Waals surface area contributed by atoms with Gasteiger partial charge in [-0.2, -0.15) is 0 Å². The number of nitro benzene ring substituents is 1. The first kappa shape index (κ1) is 26.7. The maximum Gasteiger partial charge on any atom is 0.328 e. The highest BCUT2D eigenvalue weighted by Gasteiger charge is 2.40. The van der Waals surface area contributed by atoms with Crippen molar-refractivity contribution in [1.29, 1.82) is 0 Å². The summed E-state index contributed by atoms with van der Waals surface area (Å²) in [5, 5.41) is 14.1. The highest BCUT2D eigenvalue weighted by molar-refractivity contribution is 5.91. The van der Waals surface area contributed by atoms with Gasteiger partial charge in [0.2, 0.25) is 11.8 Å². The largest absolute Gasteiger partial charge is 0.491 e. The number of nitro groups is 1. The van der Waals surface area contributed by atoms with Gasteiger partial charge < -0.3 is 19.7 Å². The summed E-state index contributed by atoms with van der Waals surface area (Å²) in [4.78, 5) is 51.3. The highest BCUT2D eigenvalue weighted by Crippen LogP contribution is 2.39. The van der Waals surface area contributed by atoms with Crippen LogP contribution in [0.2, 0.25) is 0 Å². The molecule has 10 heteroatoms. The number of hydrogen-bond donors (Lipinski definition) is 1. The zero-order valence-electron chi connectivity index (χ0n) is 20.8. The molecule has 1 aliphatic rings. The molecule has 0 saturated heterocycles. The minimum Gasteiger partial charge on any atom is -0.491 e. The Labute approximate surface area is 209 Å². The van der Waals surface area contributed by atoms with Crippen molar-refractivity contribution in [3.05, 3.63) is 69.8 Å². The standard InChI is InChI=1S/C26H31N3O7/c1-16(2)12-21(26(32)35-4)27-25(31)22(13-18-8-6-5-7-9-18)28(17(3)30)23-15-36-24-11-10-19(29(33)34)14-20(23)24/h5-11,14,16,21-23H,12-13,15H2,1-4H3,(H,27,31)/t21-,22-,23?/m0/s1. The molecule has 36 heavy (non-hydrogen) atoms. The van der Waals surface area contributed by atoms with Gasteiger partial charge in [0.05, 0.1) is 18.1 Å². The molecule has 2 aromatic carbocycles. The first-order valence-corrected chi connectivity index (χ1v) is 11.7. The molecule has 0 saturated carbocycles. The molecule has 2 amide bonds. The van der Waals surface area contributed by atoms with Crippen LogP contribution in [0.1, 0.15) is 44.4 Å². The molecule has 0 fully saturated rings. The third kappa shape index (κ3) is 6.18. The number of carbonyl (C=O) groups is 3. The lowest BCUT2D eigenvalue weighted by Gasteiger charge is -2.35. The first-order valence-electron chi connectivity index (χ1n) is 11.7. The predicted molar refractivity (Wildman–Crippen MR) is 131 cm³/mol. The monoisotopic (exact) mass is 497 g/mol. The minimum atomic E-state index is -1.01. The van der Waals surface area contributed by atoms with Crippen LogP contribution in [0.3, 0.4) is 0 Å². The van der Waals surface area contributed by atoms with Crippen LogP contribution in [0.4, 0.5) is 5.69 Å². The van der Waals surface area contributed by atoms with E-state index >= 15 is 0 Å². The molecule has 10 nitrogen and oxygen atoms in total. The van der Waals surface area contributed by atoms with E-state index in [1.165, 1.54) is 37.1 Å². The van der Waals surface area contributed by atoms with E-state index in [0.29, 0.717) is 17.7 Å². The van der Waals surface area contributed by atoms with Crippen LogP contribution in [-0.2, 0) is 25.5 Å². The van der Waals surface area contributed by atoms with Gasteiger partial charge in [0.15, 0.2) is 0 Å². The van der Waals surface area contributed by atoms with Gasteiger partial charge in [-0.1, -0.05) is 44.2 Å². The van der Waals surface area contributed by atoms with Gasteiger partial charge in [0.1, 0.15) is 24.4 Å². The Morgan fingerprint density at radius 2 is 1.89 bits per heavy atom. The summed E-state index contributed by atoms with van der Waals surface area (Å²) in [6.45, 7) is 5.23. The van der Waals surface area contributed by atoms with E-state index in [1.807, 2.05) is 44.2 Å². The molecular weight excluding hydrogens is 466 g/mol. The fraction of sp³-hybridized carbons (Fsp3) is 0.423. The second kappa shape index (κ2) is 11.7. The SMILES string of the molecule is COC(=O)[C@H](CC(C)C)NC(=O)[C@H](Cc1ccccc1)N(C(C)=O)C1COc2ccc([N+](=O)[O-])cc21. The molecule has 3 rings (SSSR count). The normalized spacial score (nSPS) is 15.9. The molecule has 3 atom stereocenters. The Morgan fingerprint density at radius 3 is 2.47 bits per heavy atom. The number of nitrogens with zero attached hydrogens (tertiary/aromatic N) is 2. The fourth-order valence-electron chi connectivity index (χ4n) is 4.44. The number of esters is 1. The molecular formula is C26H31N3O7. The maximum atomic E-state index is 13.7. The highest BCUT2D eigenvalue weighted by atomic mass is 16.6. The Bertz CT molecular complexity index is 1120. The summed E-state index contributed by atoms with van der Waals surface area (Å²) in [6, 6.07) is 10.8. The van der Waals surface area contributed by atoms with E-state index in [1.54, 1.807) is 0 Å². The fourth-order valence-corrected chi connectivity index (χ4v) is 4.44. The quantitative estimate of drug-likeness (QED) is 0.303. The number of ether oxygens (including phenoxy) is 2. The maximum absolute atomic E-state index is 13.7. The summed E-state index contributed by atoms with van der Waals surface area (Å²) in [5.74, 6) is -0.985. The lowest BCUT2D eigenvalue weighted by molar-refractivity contribution is -0.384. The number of non-ortho nitro benzene ring substituents is 1. The second-order valence-electron chi connectivity index (χ2n) is 9.15. The summed E-state index contributed by atoms with van der Waals surface area (Å²) in [5.41, 5.74) is 1.12. The zero-order chi connectivity index (χ0) is 26.4. The summed E-state index contributed by atoms with van der Waals surface area (Å²) in [6.07, 6.45) is 0.528. The third-order valence-corrected chi connectivity index (χ3v) is 6.08. The summed E-state index contributed by atoms with van der Waals surface area (Å²) < 4.78 is 10.6. The van der Waals surface area contributed by atoms with Crippen molar-refractivity contribution in [2.24, 2.45) is 5.92 Å². The van der Waals surface area contributed by atoms with Crippen molar-refractivity contribution in [3.63, 3.8) is 0 Å². The van der Waals surface area contributed by atoms with Crippen LogP contribution in [0.5, 0.6) is 5.75 Å². The molecule has 1 unspecified atom stereocenters. The number of nitrogens with one attached hydrogen (secondary N) is 1. The molecule has 1 aliphatic heterocycles. The van der Waals surface area contributed by atoms with Crippen molar-refractivity contribution in [2.75, 3.05) is 13.7 Å². The van der Waals surface area contributed by atoms with Crippen molar-refractivity contribution in [1.82, 2.24) is 10.2 Å². The van der Waals surface area contributed by atoms with Gasteiger partial charge in [0, 0.05) is 31.0 Å². The van der Waals surface area contributed by atoms with Crippen LogP contribution in [-0.4, -0.2) is 53.4 Å². The van der Waals surface area contributed by atoms with E-state index in [2.05, 4.69) is 5.32 Å². The molecule has 0 spiro atoms. The van der Waals surface area contributed by atoms with Crippen LogP contribution in [0.15, 0.2) is 48.5 Å². The van der Waals surface area contributed by atoms with Crippen LogP contribution in [0.25, 0.3) is 0 Å². The Morgan fingerprint density at radius 1 is 1.19 bits per heavy atom. The van der Waals surface area contributed by atoms with E-state index in [0.717, 1.165) is 5.56 Å². The number of benzene rings is 2. The number of hydrogen-bond acceptors (Lipinski definition) is 7. The summed E-state index contributed by atoms with van der Waals surface area (Å²) >= 11 is 0. The number of methoxy groups -OCH3 is 1. The van der Waals surface area contributed by atoms with E-state index in [-0.39, 0.29) is 24.6 Å². The van der Waals surface area contributed by atoms with Crippen LogP contribution < -0.4 is 10.1 Å². The molecule has 0 radical (unpaired) electrons. The molecule has 0 aromatic heterocycles. The number of amides is 2. The van der Waals surface area contributed by atoms with Crippen molar-refractivity contribution in [3.8, 4) is 5.75 Å². The average Bonchev–Trinajstić information content (AvgIpc) is 3.25. The van der Waals surface area contributed by atoms with Gasteiger partial charge >= 0.3 is 5.97 Å². The predicted octanol–water partition coefficient (Wildman–Crippen LogP) is 3.19. The average molecular weight is 498 g/mol. The van der Waals surface area contributed by atoms with E-state index in [4.69, 9.17) is 9.47 Å². The van der Waals surface area contributed by atoms with Gasteiger partial charge in [-0.05, 0) is 24.0 Å². The molecule has 1 N–H and O–H groups in total. The lowest BCUT2D eigenvalue weighted by atomic mass is 9.97. The minimum absolute atomic E-state index is 0.0427. The van der Waals surface area contributed by atoms with Gasteiger partial charge in [-0.15, -0.1) is 0 Å². The Balaban J connectivity index is 2.01. The molecule has 0 aliphatic carbocycles. The van der Waals surface area contributed by atoms with Crippen molar-refractivity contribution < 1.29 is 28.8 Å². The van der Waals surface area contributed by atoms with E-state index in [9.17, 15) is 24.5 Å². The first-order chi connectivity index (χ1) is 17.1. The number of carbonyl (C=O) groups excluding carboxylic acids is 3. The van der Waals surface area contributed by atoms with Crippen molar-refractivity contribution in [2.45, 2.75) is 51.7 Å². The van der Waals surface area contributed by atoms with Gasteiger partial charge in [-0.3, -0.25) is 19.7 Å². The second-order valence-corrected chi connectivity index (χ2v) is 9.15. The number of rotatable bonds is 10. The lowest BCUT2D eigenvalue weighted by Crippen LogP contribution is -2.55. The topological polar surface area (TPSA) is 128 Å². The summed E-state index contributed by atoms with van der Waals surface area (Å²) in [7, 11) is 1.25. The smallest absolute Gasteiger partial charge is 0.328 e. The Kier molecular flexibility index (Phi) is 8.63. The Hall–Kier alpha value is -3.95. The molecule has 1 heterocycles. The molecule has 192 valence electrons. The zero-order valence-corrected chi connectivity index (χ0v) is 20.8. The molecule has 2 aromatic rings. The van der Waals surface area contributed by atoms with E-state index < -0.39 is 40.8 Å². The van der Waals surface area contributed by atoms with Crippen LogP contribution >= 0.6 is 0 Å². The van der Waals surface area contributed by atoms with Crippen molar-refractivity contribution >= 4 is 23.5 Å². The van der Waals surface area contributed by atoms with Gasteiger partial charge in [0.25, 0.3) is 5.69 Å². The van der Waals surface area contributed by atoms with Crippen LogP contribution in [0, 0.1) is 16.0 Å². The van der Waals surface area contributed by atoms with Gasteiger partial charge in [-0.25, -0.2) is 4.79 Å².